The van der Waals surface area contributed by atoms with E-state index in [0.717, 1.165) is 52.9 Å². The van der Waals surface area contributed by atoms with E-state index in [1.807, 2.05) is 77.6 Å². The van der Waals surface area contributed by atoms with Crippen LogP contribution in [0.5, 0.6) is 5.75 Å². The fourth-order valence-corrected chi connectivity index (χ4v) is 12.4. The quantitative estimate of drug-likeness (QED) is 0.136. The lowest BCUT2D eigenvalue weighted by Crippen LogP contribution is -2.50. The van der Waals surface area contributed by atoms with Gasteiger partial charge in [0.15, 0.2) is 0 Å². The van der Waals surface area contributed by atoms with Crippen molar-refractivity contribution in [3.63, 3.8) is 0 Å². The SMILES string of the molecule is COc1ccc([Si](C)(C)[C@@H]2[C@@H](C)[C@@H](CCc3cccc(-n4ncc5ccccc5c4=O)c3)O[C@H]2CCn2cc(C(CO)c3ccccc3)nn2)cc1. The molecule has 0 bridgehead atoms. The Bertz CT molecular complexity index is 2170. The maximum atomic E-state index is 13.3. The summed E-state index contributed by atoms with van der Waals surface area (Å²) in [6.45, 7) is 7.93. The van der Waals surface area contributed by atoms with Crippen LogP contribution in [-0.2, 0) is 17.7 Å². The fraction of sp³-hybridized carbons (Fsp3) is 0.333. The minimum absolute atomic E-state index is 0.0320. The van der Waals surface area contributed by atoms with E-state index in [-0.39, 0.29) is 30.3 Å². The van der Waals surface area contributed by atoms with Gasteiger partial charge in [-0.25, -0.2) is 0 Å². The maximum Gasteiger partial charge on any atom is 0.279 e. The summed E-state index contributed by atoms with van der Waals surface area (Å²) >= 11 is 0. The molecule has 1 saturated heterocycles. The molecule has 0 spiro atoms. The average Bonchev–Trinajstić information content (AvgIpc) is 3.78. The molecule has 1 aliphatic rings. The van der Waals surface area contributed by atoms with Gasteiger partial charge in [0.2, 0.25) is 0 Å². The third-order valence-corrected chi connectivity index (χ3v) is 15.5. The number of aliphatic hydroxyl groups excluding tert-OH is 1. The molecule has 3 heterocycles. The van der Waals surface area contributed by atoms with Gasteiger partial charge >= 0.3 is 0 Å². The molecule has 7 rings (SSSR count). The summed E-state index contributed by atoms with van der Waals surface area (Å²) in [6.07, 6.45) is 6.34. The van der Waals surface area contributed by atoms with Gasteiger partial charge in [-0.15, -0.1) is 5.10 Å². The second-order valence-corrected chi connectivity index (χ2v) is 19.2. The molecule has 0 radical (unpaired) electrons. The van der Waals surface area contributed by atoms with Crippen LogP contribution in [-0.4, -0.2) is 63.9 Å². The second-order valence-electron chi connectivity index (χ2n) is 14.5. The van der Waals surface area contributed by atoms with E-state index in [4.69, 9.17) is 9.47 Å². The van der Waals surface area contributed by atoms with E-state index in [9.17, 15) is 9.90 Å². The van der Waals surface area contributed by atoms with E-state index < -0.39 is 8.07 Å². The van der Waals surface area contributed by atoms with Crippen LogP contribution < -0.4 is 15.5 Å². The zero-order valence-corrected chi connectivity index (χ0v) is 31.3. The molecule has 1 N–H and O–H groups in total. The number of aliphatic hydroxyl groups is 1. The first-order chi connectivity index (χ1) is 25.3. The molecule has 2 aromatic heterocycles. The molecule has 0 aliphatic carbocycles. The number of benzene rings is 4. The first-order valence-electron chi connectivity index (χ1n) is 18.2. The summed E-state index contributed by atoms with van der Waals surface area (Å²) in [5, 5.41) is 26.5. The monoisotopic (exact) mass is 713 g/mol. The van der Waals surface area contributed by atoms with Crippen molar-refractivity contribution in [3.05, 3.63) is 143 Å². The highest BCUT2D eigenvalue weighted by Crippen LogP contribution is 2.46. The molecule has 5 atom stereocenters. The number of aromatic nitrogens is 5. The Kier molecular flexibility index (Phi) is 10.5. The van der Waals surface area contributed by atoms with Gasteiger partial charge in [0.1, 0.15) is 5.75 Å². The average molecular weight is 714 g/mol. The van der Waals surface area contributed by atoms with Crippen molar-refractivity contribution in [1.82, 2.24) is 24.8 Å². The highest BCUT2D eigenvalue weighted by Gasteiger charge is 2.50. The van der Waals surface area contributed by atoms with Crippen molar-refractivity contribution in [3.8, 4) is 11.4 Å². The van der Waals surface area contributed by atoms with Gasteiger partial charge in [-0.1, -0.05) is 103 Å². The summed E-state index contributed by atoms with van der Waals surface area (Å²) in [5.41, 5.74) is 3.95. The van der Waals surface area contributed by atoms with Gasteiger partial charge in [0.25, 0.3) is 5.56 Å². The molecule has 1 aliphatic heterocycles. The van der Waals surface area contributed by atoms with Crippen LogP contribution in [0.4, 0.5) is 0 Å². The predicted octanol–water partition coefficient (Wildman–Crippen LogP) is 6.52. The minimum atomic E-state index is -2.05. The molecule has 1 fully saturated rings. The van der Waals surface area contributed by atoms with Crippen LogP contribution in [0.2, 0.25) is 18.6 Å². The Balaban J connectivity index is 1.10. The normalized spacial score (nSPS) is 19.6. The van der Waals surface area contributed by atoms with E-state index in [1.165, 1.54) is 9.87 Å². The zero-order chi connectivity index (χ0) is 36.2. The van der Waals surface area contributed by atoms with E-state index >= 15 is 0 Å². The Hall–Kier alpha value is -4.90. The molecule has 10 heteroatoms. The topological polar surface area (TPSA) is 104 Å². The number of hydrogen-bond donors (Lipinski definition) is 1. The van der Waals surface area contributed by atoms with Gasteiger partial charge in [-0.3, -0.25) is 9.48 Å². The van der Waals surface area contributed by atoms with Crippen molar-refractivity contribution in [2.24, 2.45) is 5.92 Å². The maximum absolute atomic E-state index is 13.3. The largest absolute Gasteiger partial charge is 0.497 e. The first kappa shape index (κ1) is 35.5. The molecule has 0 saturated carbocycles. The predicted molar refractivity (Wildman–Crippen MR) is 207 cm³/mol. The Morgan fingerprint density at radius 3 is 2.46 bits per heavy atom. The minimum Gasteiger partial charge on any atom is -0.497 e. The van der Waals surface area contributed by atoms with Crippen LogP contribution >= 0.6 is 0 Å². The smallest absolute Gasteiger partial charge is 0.279 e. The molecular weight excluding hydrogens is 667 g/mol. The Labute approximate surface area is 305 Å². The summed E-state index contributed by atoms with van der Waals surface area (Å²) in [6, 6.07) is 34.3. The molecule has 9 nitrogen and oxygen atoms in total. The van der Waals surface area contributed by atoms with Crippen LogP contribution in [0.15, 0.2) is 120 Å². The molecule has 1 unspecified atom stereocenters. The summed E-state index contributed by atoms with van der Waals surface area (Å²) < 4.78 is 15.9. The summed E-state index contributed by atoms with van der Waals surface area (Å²) in [5.74, 6) is 0.982. The highest BCUT2D eigenvalue weighted by atomic mass is 28.3. The van der Waals surface area contributed by atoms with Gasteiger partial charge in [-0.2, -0.15) is 9.78 Å². The number of rotatable bonds is 13. The number of fused-ring (bicyclic) bond motifs is 1. The zero-order valence-electron chi connectivity index (χ0n) is 30.3. The highest BCUT2D eigenvalue weighted by molar-refractivity contribution is 6.91. The lowest BCUT2D eigenvalue weighted by Gasteiger charge is -2.36. The molecule has 0 amide bonds. The third kappa shape index (κ3) is 7.23. The molecular formula is C42H47N5O4Si. The molecule has 6 aromatic rings. The number of nitrogens with zero attached hydrogens (tertiary/aromatic N) is 5. The third-order valence-electron chi connectivity index (χ3n) is 11.1. The standard InChI is InChI=1S/C42H47N5O4Si/c1-29-39(22-17-30-11-10-15-33(25-30)47-42(49)36-16-9-8-14-32(36)26-43-47)51-40(41(29)52(3,4)35-20-18-34(50-2)19-21-35)23-24-46-27-38(44-45-46)37(28-48)31-12-6-5-7-13-31/h5-16,18-21,25-27,29,37,39-41,48H,17,22-24,28H2,1-4H3/t29-,37?,39+,40-,41+/m0/s1. The van der Waals surface area contributed by atoms with Crippen LogP contribution in [0.1, 0.15) is 42.5 Å². The molecule has 52 heavy (non-hydrogen) atoms. The lowest BCUT2D eigenvalue weighted by molar-refractivity contribution is 0.0249. The first-order valence-corrected chi connectivity index (χ1v) is 21.3. The second kappa shape index (κ2) is 15.4. The van der Waals surface area contributed by atoms with E-state index in [0.29, 0.717) is 23.4 Å². The van der Waals surface area contributed by atoms with Gasteiger partial charge in [0, 0.05) is 18.1 Å². The van der Waals surface area contributed by atoms with Gasteiger partial charge in [0.05, 0.1) is 62.9 Å². The van der Waals surface area contributed by atoms with Gasteiger partial charge < -0.3 is 14.6 Å². The van der Waals surface area contributed by atoms with Crippen molar-refractivity contribution in [2.75, 3.05) is 13.7 Å². The van der Waals surface area contributed by atoms with E-state index in [2.05, 4.69) is 71.8 Å². The molecule has 4 aromatic carbocycles. The van der Waals surface area contributed by atoms with Crippen LogP contribution in [0.25, 0.3) is 16.5 Å². The Morgan fingerprint density at radius 2 is 1.69 bits per heavy atom. The van der Waals surface area contributed by atoms with E-state index in [1.54, 1.807) is 13.3 Å². The lowest BCUT2D eigenvalue weighted by atomic mass is 9.95. The number of ether oxygens (including phenoxy) is 2. The van der Waals surface area contributed by atoms with Gasteiger partial charge in [-0.05, 0) is 72.2 Å². The summed E-state index contributed by atoms with van der Waals surface area (Å²) in [4.78, 5) is 13.3. The van der Waals surface area contributed by atoms with Crippen molar-refractivity contribution >= 4 is 24.0 Å². The summed E-state index contributed by atoms with van der Waals surface area (Å²) in [7, 11) is -0.342. The fourth-order valence-electron chi connectivity index (χ4n) is 8.24. The van der Waals surface area contributed by atoms with Crippen LogP contribution in [0, 0.1) is 5.92 Å². The van der Waals surface area contributed by atoms with Crippen molar-refractivity contribution < 1.29 is 14.6 Å². The molecule has 268 valence electrons. The van der Waals surface area contributed by atoms with Crippen molar-refractivity contribution in [1.29, 1.82) is 0 Å². The number of methoxy groups -OCH3 is 1. The number of aryl methyl sites for hydroxylation is 2. The Morgan fingerprint density at radius 1 is 0.923 bits per heavy atom. The number of hydrogen-bond acceptors (Lipinski definition) is 7. The van der Waals surface area contributed by atoms with Crippen LogP contribution in [0.3, 0.4) is 0 Å². The van der Waals surface area contributed by atoms with Crippen molar-refractivity contribution in [2.45, 2.75) is 69.5 Å².